The van der Waals surface area contributed by atoms with Crippen molar-refractivity contribution in [2.45, 2.75) is 40.0 Å². The van der Waals surface area contributed by atoms with Crippen LogP contribution in [0.1, 0.15) is 38.1 Å². The Morgan fingerprint density at radius 2 is 2.05 bits per heavy atom. The number of hydrogen-bond donors (Lipinski definition) is 1. The first-order valence-electron chi connectivity index (χ1n) is 7.41. The molecule has 1 aromatic heterocycles. The molecular weight excluding hydrogens is 280 g/mol. The minimum absolute atomic E-state index is 0.0909. The fourth-order valence-corrected chi connectivity index (χ4v) is 2.97. The van der Waals surface area contributed by atoms with Crippen LogP contribution in [0, 0.1) is 12.8 Å². The van der Waals surface area contributed by atoms with E-state index in [0.717, 1.165) is 34.8 Å². The minimum atomic E-state index is 0.0909. The molecule has 1 unspecified atom stereocenters. The van der Waals surface area contributed by atoms with Gasteiger partial charge in [0.25, 0.3) is 0 Å². The summed E-state index contributed by atoms with van der Waals surface area (Å²) in [5, 5.41) is 6.07. The summed E-state index contributed by atoms with van der Waals surface area (Å²) in [4.78, 5) is 16.4. The van der Waals surface area contributed by atoms with Crippen molar-refractivity contribution in [2.24, 2.45) is 5.92 Å². The number of aromatic nitrogens is 1. The maximum absolute atomic E-state index is 11.9. The molecule has 0 spiro atoms. The van der Waals surface area contributed by atoms with Crippen molar-refractivity contribution in [1.29, 1.82) is 0 Å². The first-order chi connectivity index (χ1) is 10.1. The van der Waals surface area contributed by atoms with Gasteiger partial charge in [-0.15, -0.1) is 11.3 Å². The number of nitrogens with zero attached hydrogens (tertiary/aromatic N) is 1. The molecule has 1 N–H and O–H groups in total. The number of carbonyl (C=O) groups excluding carboxylic acids is 1. The summed E-state index contributed by atoms with van der Waals surface area (Å²) < 4.78 is 0. The molecule has 0 aliphatic rings. The fraction of sp³-hybridized carbons (Fsp3) is 0.412. The number of carbonyl (C=O) groups is 1. The molecule has 0 saturated heterocycles. The Hall–Kier alpha value is -1.68. The number of benzene rings is 1. The molecule has 2 rings (SSSR count). The molecule has 3 nitrogen and oxygen atoms in total. The van der Waals surface area contributed by atoms with Crippen molar-refractivity contribution in [2.75, 3.05) is 5.32 Å². The number of aryl methyl sites for hydroxylation is 1. The van der Waals surface area contributed by atoms with Gasteiger partial charge in [0.05, 0.1) is 10.7 Å². The van der Waals surface area contributed by atoms with Crippen LogP contribution in [0.2, 0.25) is 0 Å². The minimum Gasteiger partial charge on any atom is -0.326 e. The number of nitrogens with one attached hydrogen (secondary N) is 1. The zero-order valence-corrected chi connectivity index (χ0v) is 13.7. The molecule has 1 atom stereocenters. The first-order valence-corrected chi connectivity index (χ1v) is 8.29. The largest absolute Gasteiger partial charge is 0.326 e. The second-order valence-corrected chi connectivity index (χ2v) is 6.54. The fourth-order valence-electron chi connectivity index (χ4n) is 2.34. The van der Waals surface area contributed by atoms with Gasteiger partial charge in [-0.05, 0) is 25.0 Å². The summed E-state index contributed by atoms with van der Waals surface area (Å²) >= 11 is 1.64. The molecule has 112 valence electrons. The molecule has 0 fully saturated rings. The van der Waals surface area contributed by atoms with Gasteiger partial charge in [0.1, 0.15) is 0 Å². The van der Waals surface area contributed by atoms with Crippen LogP contribution in [-0.4, -0.2) is 10.9 Å². The Morgan fingerprint density at radius 3 is 2.62 bits per heavy atom. The van der Waals surface area contributed by atoms with E-state index in [1.54, 1.807) is 11.3 Å². The smallest absolute Gasteiger partial charge is 0.224 e. The number of rotatable bonds is 6. The monoisotopic (exact) mass is 302 g/mol. The lowest BCUT2D eigenvalue weighted by molar-refractivity contribution is -0.117. The van der Waals surface area contributed by atoms with Crippen LogP contribution in [0.4, 0.5) is 5.69 Å². The molecule has 0 radical (unpaired) electrons. The highest BCUT2D eigenvalue weighted by molar-refractivity contribution is 7.09. The van der Waals surface area contributed by atoms with Crippen LogP contribution in [-0.2, 0) is 4.79 Å². The Balaban J connectivity index is 1.95. The van der Waals surface area contributed by atoms with E-state index in [4.69, 9.17) is 0 Å². The quantitative estimate of drug-likeness (QED) is 0.826. The van der Waals surface area contributed by atoms with Crippen molar-refractivity contribution in [1.82, 2.24) is 4.98 Å². The molecule has 21 heavy (non-hydrogen) atoms. The van der Waals surface area contributed by atoms with Gasteiger partial charge in [-0.25, -0.2) is 4.98 Å². The van der Waals surface area contributed by atoms with E-state index < -0.39 is 0 Å². The number of thiazole rings is 1. The van der Waals surface area contributed by atoms with Crippen LogP contribution < -0.4 is 5.32 Å². The molecule has 0 bridgehead atoms. The van der Waals surface area contributed by atoms with Crippen LogP contribution in [0.15, 0.2) is 29.6 Å². The predicted octanol–water partition coefficient (Wildman–Crippen LogP) is 4.88. The SMILES string of the molecule is CCCC(C)CC(=O)Nc1ccc(-c2csc(C)n2)cc1. The number of amides is 1. The van der Waals surface area contributed by atoms with Crippen LogP contribution in [0.3, 0.4) is 0 Å². The molecule has 1 heterocycles. The zero-order valence-electron chi connectivity index (χ0n) is 12.8. The Morgan fingerprint density at radius 1 is 1.33 bits per heavy atom. The van der Waals surface area contributed by atoms with Crippen molar-refractivity contribution in [3.8, 4) is 11.3 Å². The van der Waals surface area contributed by atoms with Crippen LogP contribution >= 0.6 is 11.3 Å². The molecule has 1 amide bonds. The van der Waals surface area contributed by atoms with Crippen molar-refractivity contribution >= 4 is 22.9 Å². The summed E-state index contributed by atoms with van der Waals surface area (Å²) in [6, 6.07) is 7.87. The third-order valence-corrected chi connectivity index (χ3v) is 4.17. The highest BCUT2D eigenvalue weighted by Crippen LogP contribution is 2.23. The summed E-state index contributed by atoms with van der Waals surface area (Å²) in [6.07, 6.45) is 2.80. The lowest BCUT2D eigenvalue weighted by atomic mass is 10.0. The first kappa shape index (κ1) is 15.7. The molecule has 2 aromatic rings. The summed E-state index contributed by atoms with van der Waals surface area (Å²) in [5.74, 6) is 0.528. The predicted molar refractivity (Wildman–Crippen MR) is 89.6 cm³/mol. The van der Waals surface area contributed by atoms with E-state index in [0.29, 0.717) is 12.3 Å². The Kier molecular flexibility index (Phi) is 5.51. The summed E-state index contributed by atoms with van der Waals surface area (Å²) in [5.41, 5.74) is 2.92. The molecule has 0 aliphatic carbocycles. The van der Waals surface area contributed by atoms with Crippen molar-refractivity contribution in [3.63, 3.8) is 0 Å². The number of anilines is 1. The van der Waals surface area contributed by atoms with Crippen molar-refractivity contribution in [3.05, 3.63) is 34.7 Å². The summed E-state index contributed by atoms with van der Waals surface area (Å²) in [7, 11) is 0. The Labute approximate surface area is 130 Å². The standard InChI is InChI=1S/C17H22N2OS/c1-4-5-12(2)10-17(20)19-15-8-6-14(7-9-15)16-11-21-13(3)18-16/h6-9,11-12H,4-5,10H2,1-3H3,(H,19,20). The molecule has 4 heteroatoms. The van der Waals surface area contributed by atoms with E-state index in [1.807, 2.05) is 31.2 Å². The average Bonchev–Trinajstić information content (AvgIpc) is 2.86. The van der Waals surface area contributed by atoms with Gasteiger partial charge in [-0.3, -0.25) is 4.79 Å². The molecule has 0 saturated carbocycles. The highest BCUT2D eigenvalue weighted by Gasteiger charge is 2.09. The molecule has 1 aromatic carbocycles. The van der Waals surface area contributed by atoms with Crippen LogP contribution in [0.25, 0.3) is 11.3 Å². The molecule has 0 aliphatic heterocycles. The lowest BCUT2D eigenvalue weighted by Crippen LogP contribution is -2.14. The van der Waals surface area contributed by atoms with Gasteiger partial charge < -0.3 is 5.32 Å². The van der Waals surface area contributed by atoms with Crippen molar-refractivity contribution < 1.29 is 4.79 Å². The third kappa shape index (κ3) is 4.67. The summed E-state index contributed by atoms with van der Waals surface area (Å²) in [6.45, 7) is 6.27. The lowest BCUT2D eigenvalue weighted by Gasteiger charge is -2.10. The zero-order chi connectivity index (χ0) is 15.2. The van der Waals surface area contributed by atoms with Gasteiger partial charge >= 0.3 is 0 Å². The second-order valence-electron chi connectivity index (χ2n) is 5.48. The van der Waals surface area contributed by atoms with Gasteiger partial charge in [-0.1, -0.05) is 38.8 Å². The molecular formula is C17H22N2OS. The third-order valence-electron chi connectivity index (χ3n) is 3.40. The highest BCUT2D eigenvalue weighted by atomic mass is 32.1. The van der Waals surface area contributed by atoms with Gasteiger partial charge in [-0.2, -0.15) is 0 Å². The van der Waals surface area contributed by atoms with E-state index in [-0.39, 0.29) is 5.91 Å². The van der Waals surface area contributed by atoms with Gasteiger partial charge in [0.15, 0.2) is 0 Å². The van der Waals surface area contributed by atoms with E-state index in [2.05, 4.69) is 29.5 Å². The number of hydrogen-bond acceptors (Lipinski definition) is 3. The van der Waals surface area contributed by atoms with E-state index >= 15 is 0 Å². The van der Waals surface area contributed by atoms with Crippen LogP contribution in [0.5, 0.6) is 0 Å². The van der Waals surface area contributed by atoms with E-state index in [1.165, 1.54) is 0 Å². The second kappa shape index (κ2) is 7.36. The average molecular weight is 302 g/mol. The normalized spacial score (nSPS) is 12.1. The topological polar surface area (TPSA) is 42.0 Å². The van der Waals surface area contributed by atoms with Gasteiger partial charge in [0.2, 0.25) is 5.91 Å². The maximum atomic E-state index is 11.9. The Bertz CT molecular complexity index is 589. The van der Waals surface area contributed by atoms with Gasteiger partial charge in [0, 0.05) is 23.1 Å². The maximum Gasteiger partial charge on any atom is 0.224 e. The van der Waals surface area contributed by atoms with E-state index in [9.17, 15) is 4.79 Å².